The summed E-state index contributed by atoms with van der Waals surface area (Å²) in [7, 11) is -9.93. The average molecular weight is 1480 g/mol. The molecule has 0 aromatic heterocycles. The molecule has 2 unspecified atom stereocenters. The minimum absolute atomic E-state index is 0.102. The Labute approximate surface area is 618 Å². The van der Waals surface area contributed by atoms with Gasteiger partial charge in [0.2, 0.25) is 0 Å². The van der Waals surface area contributed by atoms with E-state index in [2.05, 4.69) is 52.0 Å². The molecule has 0 fully saturated rings. The van der Waals surface area contributed by atoms with Crippen molar-refractivity contribution in [3.8, 4) is 0 Å². The summed E-state index contributed by atoms with van der Waals surface area (Å²) in [6.45, 7) is 4.96. The molecule has 596 valence electrons. The summed E-state index contributed by atoms with van der Waals surface area (Å²) in [4.78, 5) is 73.0. The molecule has 0 aromatic carbocycles. The van der Waals surface area contributed by atoms with E-state index in [9.17, 15) is 43.2 Å². The van der Waals surface area contributed by atoms with Crippen molar-refractivity contribution in [1.82, 2.24) is 0 Å². The number of unbranched alkanes of at least 4 members (excludes halogenated alkanes) is 52. The zero-order valence-corrected chi connectivity index (χ0v) is 67.2. The van der Waals surface area contributed by atoms with Gasteiger partial charge in [-0.1, -0.05) is 367 Å². The van der Waals surface area contributed by atoms with Crippen molar-refractivity contribution in [2.45, 2.75) is 438 Å². The molecule has 0 spiro atoms. The number of ether oxygens (including phenoxy) is 4. The fourth-order valence-corrected chi connectivity index (χ4v) is 13.9. The van der Waals surface area contributed by atoms with Gasteiger partial charge in [0.1, 0.15) is 19.3 Å². The molecule has 0 aliphatic rings. The maximum absolute atomic E-state index is 13.1. The van der Waals surface area contributed by atoms with E-state index >= 15 is 0 Å². The maximum Gasteiger partial charge on any atom is 0.472 e. The number of hydrogen-bond acceptors (Lipinski definition) is 15. The molecule has 0 aliphatic carbocycles. The standard InChI is InChI=1S/C82H156O17P2/c1-5-9-13-17-21-25-29-32-35-36-37-38-39-42-45-49-53-57-61-65-69-82(87)99-78(73-93-80(85)67-63-59-55-51-47-43-40-33-30-26-22-18-14-10-6-2)75-97-101(90,91)95-71-76(83)70-94-100(88,89)96-74-77(72-92-79(84)66-62-58-54-50-46-28-24-20-16-12-8-4)98-81(86)68-64-60-56-52-48-44-41-34-31-27-23-19-15-11-7-3/h26,30,33,40,76-78,83H,5-25,27-29,31-32,34-39,41-75H2,1-4H3,(H,88,89)(H,90,91)/b30-26-,40-33-/t76-,77+,78+/m0/s1. The molecule has 0 saturated heterocycles. The minimum Gasteiger partial charge on any atom is -0.462 e. The van der Waals surface area contributed by atoms with Crippen LogP contribution in [-0.2, 0) is 65.4 Å². The lowest BCUT2D eigenvalue weighted by molar-refractivity contribution is -0.161. The highest BCUT2D eigenvalue weighted by Gasteiger charge is 2.30. The van der Waals surface area contributed by atoms with Crippen LogP contribution in [0, 0.1) is 0 Å². The van der Waals surface area contributed by atoms with Gasteiger partial charge in [-0.3, -0.25) is 37.3 Å². The Hall–Kier alpha value is -2.46. The zero-order chi connectivity index (χ0) is 73.9. The van der Waals surface area contributed by atoms with Crippen molar-refractivity contribution < 1.29 is 80.2 Å². The Morgan fingerprint density at radius 3 is 0.723 bits per heavy atom. The van der Waals surface area contributed by atoms with Crippen LogP contribution in [0.15, 0.2) is 24.3 Å². The van der Waals surface area contributed by atoms with Crippen molar-refractivity contribution in [1.29, 1.82) is 0 Å². The summed E-state index contributed by atoms with van der Waals surface area (Å²) in [5.41, 5.74) is 0. The third kappa shape index (κ3) is 75.6. The van der Waals surface area contributed by atoms with E-state index in [1.165, 1.54) is 231 Å². The molecule has 0 aromatic rings. The van der Waals surface area contributed by atoms with Gasteiger partial charge in [0.25, 0.3) is 0 Å². The molecule has 0 amide bonds. The quantitative estimate of drug-likeness (QED) is 0.0169. The second-order valence-corrected chi connectivity index (χ2v) is 31.7. The smallest absolute Gasteiger partial charge is 0.462 e. The Bertz CT molecular complexity index is 2010. The predicted molar refractivity (Wildman–Crippen MR) is 414 cm³/mol. The van der Waals surface area contributed by atoms with Crippen molar-refractivity contribution in [2.75, 3.05) is 39.6 Å². The number of phosphoric ester groups is 2. The molecule has 0 bridgehead atoms. The first-order valence-corrected chi connectivity index (χ1v) is 45.1. The van der Waals surface area contributed by atoms with Crippen LogP contribution in [0.3, 0.4) is 0 Å². The Balaban J connectivity index is 5.27. The van der Waals surface area contributed by atoms with Gasteiger partial charge in [-0.2, -0.15) is 0 Å². The van der Waals surface area contributed by atoms with Gasteiger partial charge in [-0.25, -0.2) is 9.13 Å². The fraction of sp³-hybridized carbons (Fsp3) is 0.902. The largest absolute Gasteiger partial charge is 0.472 e. The van der Waals surface area contributed by atoms with Gasteiger partial charge in [-0.15, -0.1) is 0 Å². The monoisotopic (exact) mass is 1480 g/mol. The number of aliphatic hydroxyl groups excluding tert-OH is 1. The third-order valence-electron chi connectivity index (χ3n) is 18.7. The molecule has 17 nitrogen and oxygen atoms in total. The molecule has 0 aliphatic heterocycles. The van der Waals surface area contributed by atoms with Crippen molar-refractivity contribution >= 4 is 39.5 Å². The Kier molecular flexibility index (Phi) is 73.9. The first kappa shape index (κ1) is 98.5. The lowest BCUT2D eigenvalue weighted by Crippen LogP contribution is -2.30. The van der Waals surface area contributed by atoms with Crippen molar-refractivity contribution in [3.63, 3.8) is 0 Å². The summed E-state index contributed by atoms with van der Waals surface area (Å²) in [6.07, 6.45) is 71.5. The summed E-state index contributed by atoms with van der Waals surface area (Å²) in [6, 6.07) is 0. The van der Waals surface area contributed by atoms with Crippen LogP contribution in [0.5, 0.6) is 0 Å². The van der Waals surface area contributed by atoms with Gasteiger partial charge in [-0.05, 0) is 51.4 Å². The summed E-state index contributed by atoms with van der Waals surface area (Å²) < 4.78 is 68.7. The van der Waals surface area contributed by atoms with Crippen LogP contribution < -0.4 is 0 Å². The first-order valence-electron chi connectivity index (χ1n) is 42.1. The van der Waals surface area contributed by atoms with Crippen molar-refractivity contribution in [2.24, 2.45) is 0 Å². The SMILES string of the molecule is CCCCCC/C=C\C=C/CCCCCCCC(=O)OC[C@H](COP(=O)(O)OC[C@@H](O)COP(=O)(O)OC[C@@H](COC(=O)CCCCCCCCCCCCC)OC(=O)CCCCCCCCCCCCCCCCC)OC(=O)CCCCCCCCCCCCCCCCCCCCCC. The fourth-order valence-electron chi connectivity index (χ4n) is 12.3. The van der Waals surface area contributed by atoms with Crippen LogP contribution in [-0.4, -0.2) is 96.7 Å². The highest BCUT2D eigenvalue weighted by molar-refractivity contribution is 7.47. The Morgan fingerprint density at radius 1 is 0.277 bits per heavy atom. The molecule has 19 heteroatoms. The van der Waals surface area contributed by atoms with E-state index in [0.29, 0.717) is 25.7 Å². The van der Waals surface area contributed by atoms with Crippen LogP contribution in [0.4, 0.5) is 0 Å². The molecule has 0 saturated carbocycles. The number of rotatable bonds is 81. The number of carbonyl (C=O) groups is 4. The van der Waals surface area contributed by atoms with Gasteiger partial charge >= 0.3 is 39.5 Å². The Morgan fingerprint density at radius 2 is 0.475 bits per heavy atom. The van der Waals surface area contributed by atoms with Crippen LogP contribution >= 0.6 is 15.6 Å². The predicted octanol–water partition coefficient (Wildman–Crippen LogP) is 24.5. The topological polar surface area (TPSA) is 237 Å². The van der Waals surface area contributed by atoms with Crippen molar-refractivity contribution in [3.05, 3.63) is 24.3 Å². The number of aliphatic hydroxyl groups is 1. The second kappa shape index (κ2) is 75.8. The molecule has 0 rings (SSSR count). The van der Waals surface area contributed by atoms with Gasteiger partial charge in [0.15, 0.2) is 12.2 Å². The minimum atomic E-state index is -4.97. The second-order valence-electron chi connectivity index (χ2n) is 28.8. The third-order valence-corrected chi connectivity index (χ3v) is 20.6. The maximum atomic E-state index is 13.1. The lowest BCUT2D eigenvalue weighted by Gasteiger charge is -2.21. The van der Waals surface area contributed by atoms with E-state index in [4.69, 9.17) is 37.0 Å². The summed E-state index contributed by atoms with van der Waals surface area (Å²) in [5.74, 6) is -2.13. The molecule has 101 heavy (non-hydrogen) atoms. The lowest BCUT2D eigenvalue weighted by atomic mass is 10.0. The molecule has 3 N–H and O–H groups in total. The van der Waals surface area contributed by atoms with E-state index < -0.39 is 97.5 Å². The van der Waals surface area contributed by atoms with Crippen LogP contribution in [0.1, 0.15) is 419 Å². The number of carbonyl (C=O) groups excluding carboxylic acids is 4. The summed E-state index contributed by atoms with van der Waals surface area (Å²) in [5, 5.41) is 10.6. The molecule has 0 radical (unpaired) electrons. The number of esters is 4. The van der Waals surface area contributed by atoms with Gasteiger partial charge in [0, 0.05) is 25.7 Å². The number of phosphoric acid groups is 2. The molecule has 5 atom stereocenters. The number of hydrogen-bond donors (Lipinski definition) is 3. The average Bonchev–Trinajstić information content (AvgIpc) is 0.997. The summed E-state index contributed by atoms with van der Waals surface area (Å²) >= 11 is 0. The highest BCUT2D eigenvalue weighted by Crippen LogP contribution is 2.45. The van der Waals surface area contributed by atoms with E-state index in [0.717, 1.165) is 109 Å². The van der Waals surface area contributed by atoms with E-state index in [1.54, 1.807) is 0 Å². The first-order chi connectivity index (χ1) is 49.2. The van der Waals surface area contributed by atoms with Crippen LogP contribution in [0.25, 0.3) is 0 Å². The van der Waals surface area contributed by atoms with E-state index in [1.807, 2.05) is 0 Å². The van der Waals surface area contributed by atoms with Gasteiger partial charge in [0.05, 0.1) is 26.4 Å². The molecule has 0 heterocycles. The van der Waals surface area contributed by atoms with Gasteiger partial charge < -0.3 is 33.8 Å². The zero-order valence-electron chi connectivity index (χ0n) is 65.4. The highest BCUT2D eigenvalue weighted by atomic mass is 31.2. The van der Waals surface area contributed by atoms with Crippen LogP contribution in [0.2, 0.25) is 0 Å². The normalized spacial score (nSPS) is 13.9. The molecular formula is C82H156O17P2. The number of allylic oxidation sites excluding steroid dienone is 4. The van der Waals surface area contributed by atoms with E-state index in [-0.39, 0.29) is 25.7 Å². The molecular weight excluding hydrogens is 1320 g/mol.